The summed E-state index contributed by atoms with van der Waals surface area (Å²) in [6, 6.07) is 9.77. The monoisotopic (exact) mass is 360 g/mol. The van der Waals surface area contributed by atoms with Gasteiger partial charge in [0.25, 0.3) is 11.6 Å². The summed E-state index contributed by atoms with van der Waals surface area (Å²) in [5.41, 5.74) is -1.55. The second kappa shape index (κ2) is 5.94. The fraction of sp³-hybridized carbons (Fsp3) is 0.176. The molecule has 0 saturated carbocycles. The number of benzene rings is 2. The third-order valence-corrected chi connectivity index (χ3v) is 4.45. The number of carbonyl (C=O) groups is 2. The van der Waals surface area contributed by atoms with Crippen LogP contribution in [0.4, 0.5) is 11.4 Å². The fourth-order valence-electron chi connectivity index (χ4n) is 2.93. The quantitative estimate of drug-likeness (QED) is 0.513. The van der Waals surface area contributed by atoms with E-state index in [-0.39, 0.29) is 16.8 Å². The minimum Gasteiger partial charge on any atom is -0.375 e. The minimum absolute atomic E-state index is 0.0496. The molecule has 128 valence electrons. The number of non-ortho nitro benzene ring substituents is 1. The molecule has 0 aliphatic carbocycles. The summed E-state index contributed by atoms with van der Waals surface area (Å²) in [4.78, 5) is 36.5. The Labute approximate surface area is 147 Å². The molecule has 0 aromatic heterocycles. The Hall–Kier alpha value is -2.77. The Morgan fingerprint density at radius 1 is 1.32 bits per heavy atom. The number of rotatable bonds is 4. The molecule has 25 heavy (non-hydrogen) atoms. The molecule has 1 aliphatic rings. The maximum Gasteiger partial charge on any atom is 0.270 e. The molecule has 3 rings (SSSR count). The van der Waals surface area contributed by atoms with Crippen molar-refractivity contribution in [2.24, 2.45) is 0 Å². The van der Waals surface area contributed by atoms with E-state index in [0.29, 0.717) is 10.7 Å². The highest BCUT2D eigenvalue weighted by Gasteiger charge is 2.49. The van der Waals surface area contributed by atoms with E-state index >= 15 is 0 Å². The second-order valence-corrected chi connectivity index (χ2v) is 6.23. The highest BCUT2D eigenvalue weighted by Crippen LogP contribution is 2.43. The van der Waals surface area contributed by atoms with Crippen LogP contribution in [-0.4, -0.2) is 28.8 Å². The molecule has 0 radical (unpaired) electrons. The average molecular weight is 361 g/mol. The maximum absolute atomic E-state index is 12.5. The van der Waals surface area contributed by atoms with Gasteiger partial charge in [-0.05, 0) is 18.2 Å². The Balaban J connectivity index is 1.98. The highest BCUT2D eigenvalue weighted by atomic mass is 35.5. The summed E-state index contributed by atoms with van der Waals surface area (Å²) in [5, 5.41) is 22.1. The van der Waals surface area contributed by atoms with Crippen molar-refractivity contribution < 1.29 is 19.6 Å². The third kappa shape index (κ3) is 2.77. The molecule has 0 fully saturated rings. The van der Waals surface area contributed by atoms with E-state index < -0.39 is 28.6 Å². The van der Waals surface area contributed by atoms with E-state index in [2.05, 4.69) is 0 Å². The van der Waals surface area contributed by atoms with Gasteiger partial charge in [-0.3, -0.25) is 19.7 Å². The predicted octanol–water partition coefficient (Wildman–Crippen LogP) is 2.69. The number of ketones is 1. The number of amides is 1. The van der Waals surface area contributed by atoms with Gasteiger partial charge in [0, 0.05) is 35.3 Å². The molecule has 0 bridgehead atoms. The van der Waals surface area contributed by atoms with Gasteiger partial charge in [0.05, 0.1) is 17.0 Å². The molecule has 0 unspecified atom stereocenters. The SMILES string of the molecule is CN1C(=O)[C@](O)(CC(=O)c2cccc([N+](=O)[O-])c2)c2cc(Cl)ccc21. The van der Waals surface area contributed by atoms with Gasteiger partial charge in [-0.15, -0.1) is 0 Å². The number of nitrogens with zero attached hydrogens (tertiary/aromatic N) is 2. The lowest BCUT2D eigenvalue weighted by Gasteiger charge is -2.21. The normalized spacial score (nSPS) is 19.0. The highest BCUT2D eigenvalue weighted by molar-refractivity contribution is 6.31. The molecule has 2 aromatic carbocycles. The van der Waals surface area contributed by atoms with Crippen LogP contribution in [0.2, 0.25) is 5.02 Å². The van der Waals surface area contributed by atoms with E-state index in [4.69, 9.17) is 11.6 Å². The summed E-state index contributed by atoms with van der Waals surface area (Å²) in [6.45, 7) is 0. The van der Waals surface area contributed by atoms with E-state index in [9.17, 15) is 24.8 Å². The lowest BCUT2D eigenvalue weighted by molar-refractivity contribution is -0.384. The zero-order valence-corrected chi connectivity index (χ0v) is 13.9. The fourth-order valence-corrected chi connectivity index (χ4v) is 3.10. The molecule has 1 N–H and O–H groups in total. The number of nitro groups is 1. The third-order valence-electron chi connectivity index (χ3n) is 4.22. The number of nitro benzene ring substituents is 1. The van der Waals surface area contributed by atoms with Crippen LogP contribution in [-0.2, 0) is 10.4 Å². The summed E-state index contributed by atoms with van der Waals surface area (Å²) >= 11 is 5.95. The first kappa shape index (κ1) is 17.1. The molecule has 1 atom stereocenters. The van der Waals surface area contributed by atoms with Crippen molar-refractivity contribution in [1.82, 2.24) is 0 Å². The Bertz CT molecular complexity index is 914. The van der Waals surface area contributed by atoms with Gasteiger partial charge >= 0.3 is 0 Å². The van der Waals surface area contributed by atoms with E-state index in [1.165, 1.54) is 36.2 Å². The van der Waals surface area contributed by atoms with E-state index in [1.54, 1.807) is 12.1 Å². The van der Waals surface area contributed by atoms with Gasteiger partial charge in [0.2, 0.25) is 0 Å². The van der Waals surface area contributed by atoms with Crippen LogP contribution in [0.3, 0.4) is 0 Å². The van der Waals surface area contributed by atoms with E-state index in [1.807, 2.05) is 0 Å². The van der Waals surface area contributed by atoms with Crippen LogP contribution in [0.25, 0.3) is 0 Å². The van der Waals surface area contributed by atoms with E-state index in [0.717, 1.165) is 6.07 Å². The standard InChI is InChI=1S/C17H13ClN2O5/c1-19-14-6-5-11(18)8-13(14)17(23,16(19)22)9-15(21)10-3-2-4-12(7-10)20(24)25/h2-8,23H,9H2,1H3/t17-/m0/s1. The number of anilines is 1. The van der Waals surface area contributed by atoms with Crippen molar-refractivity contribution in [3.63, 3.8) is 0 Å². The summed E-state index contributed by atoms with van der Waals surface area (Å²) in [6.07, 6.45) is -0.537. The summed E-state index contributed by atoms with van der Waals surface area (Å²) < 4.78 is 0. The van der Waals surface area contributed by atoms with Gasteiger partial charge in [-0.1, -0.05) is 23.7 Å². The molecular weight excluding hydrogens is 348 g/mol. The first-order valence-electron chi connectivity index (χ1n) is 7.32. The Morgan fingerprint density at radius 3 is 2.72 bits per heavy atom. The number of aliphatic hydroxyl groups is 1. The number of hydrogen-bond acceptors (Lipinski definition) is 5. The lowest BCUT2D eigenvalue weighted by Crippen LogP contribution is -2.40. The molecule has 0 spiro atoms. The average Bonchev–Trinajstić information content (AvgIpc) is 2.76. The van der Waals surface area contributed by atoms with Crippen LogP contribution in [0.15, 0.2) is 42.5 Å². The minimum atomic E-state index is -2.06. The van der Waals surface area contributed by atoms with Crippen molar-refractivity contribution in [1.29, 1.82) is 0 Å². The van der Waals surface area contributed by atoms with Crippen molar-refractivity contribution in [3.8, 4) is 0 Å². The van der Waals surface area contributed by atoms with Crippen LogP contribution in [0.1, 0.15) is 22.3 Å². The Morgan fingerprint density at radius 2 is 2.04 bits per heavy atom. The number of fused-ring (bicyclic) bond motifs is 1. The number of halogens is 1. The molecule has 1 heterocycles. The van der Waals surface area contributed by atoms with Crippen molar-refractivity contribution in [3.05, 3.63) is 68.7 Å². The summed E-state index contributed by atoms with van der Waals surface area (Å²) in [7, 11) is 1.49. The number of hydrogen-bond donors (Lipinski definition) is 1. The molecule has 1 aliphatic heterocycles. The maximum atomic E-state index is 12.5. The van der Waals surface area contributed by atoms with Gasteiger partial charge in [-0.25, -0.2) is 0 Å². The first-order valence-corrected chi connectivity index (χ1v) is 7.70. The van der Waals surface area contributed by atoms with Gasteiger partial charge < -0.3 is 10.0 Å². The summed E-state index contributed by atoms with van der Waals surface area (Å²) in [5.74, 6) is -1.23. The molecule has 7 nitrogen and oxygen atoms in total. The number of carbonyl (C=O) groups excluding carboxylic acids is 2. The van der Waals surface area contributed by atoms with Gasteiger partial charge in [0.15, 0.2) is 11.4 Å². The zero-order chi connectivity index (χ0) is 18.4. The molecule has 8 heteroatoms. The molecule has 2 aromatic rings. The Kier molecular flexibility index (Phi) is 4.06. The number of Topliss-reactive ketones (excluding diaryl/α,β-unsaturated/α-hetero) is 1. The molecule has 1 amide bonds. The topological polar surface area (TPSA) is 101 Å². The molecular formula is C17H13ClN2O5. The van der Waals surface area contributed by atoms with Gasteiger partial charge in [-0.2, -0.15) is 0 Å². The van der Waals surface area contributed by atoms with Crippen molar-refractivity contribution in [2.45, 2.75) is 12.0 Å². The van der Waals surface area contributed by atoms with Crippen LogP contribution in [0, 0.1) is 10.1 Å². The van der Waals surface area contributed by atoms with Crippen LogP contribution < -0.4 is 4.90 Å². The van der Waals surface area contributed by atoms with Crippen molar-refractivity contribution in [2.75, 3.05) is 11.9 Å². The van der Waals surface area contributed by atoms with Crippen LogP contribution >= 0.6 is 11.6 Å². The largest absolute Gasteiger partial charge is 0.375 e. The predicted molar refractivity (Wildman–Crippen MR) is 90.8 cm³/mol. The lowest BCUT2D eigenvalue weighted by atomic mass is 9.88. The number of likely N-dealkylation sites (N-methyl/N-ethyl adjacent to an activating group) is 1. The smallest absolute Gasteiger partial charge is 0.270 e. The first-order chi connectivity index (χ1) is 11.7. The second-order valence-electron chi connectivity index (χ2n) is 5.79. The zero-order valence-electron chi connectivity index (χ0n) is 13.1. The van der Waals surface area contributed by atoms with Crippen LogP contribution in [0.5, 0.6) is 0 Å². The van der Waals surface area contributed by atoms with Gasteiger partial charge in [0.1, 0.15) is 0 Å². The van der Waals surface area contributed by atoms with Crippen molar-refractivity contribution >= 4 is 34.7 Å². The molecule has 0 saturated heterocycles.